The molecule has 0 fully saturated rings. The number of para-hydroxylation sites is 1. The highest BCUT2D eigenvalue weighted by Crippen LogP contribution is 2.29. The number of halogens is 1. The SMILES string of the molecule is CCn1c(SCC(=O)Nc2ccc3ccccc3c2)nnc1[C@@H](C)Oc1ccccc1Cl. The van der Waals surface area contributed by atoms with Gasteiger partial charge in [0.05, 0.1) is 10.8 Å². The fourth-order valence-corrected chi connectivity index (χ4v) is 4.37. The molecule has 1 amide bonds. The van der Waals surface area contributed by atoms with Crippen LogP contribution in [0.15, 0.2) is 71.9 Å². The van der Waals surface area contributed by atoms with Crippen molar-refractivity contribution in [1.29, 1.82) is 0 Å². The molecule has 0 aliphatic carbocycles. The summed E-state index contributed by atoms with van der Waals surface area (Å²) in [4.78, 5) is 12.5. The Morgan fingerprint density at radius 3 is 2.62 bits per heavy atom. The molecular formula is C24H23ClN4O2S. The van der Waals surface area contributed by atoms with Crippen LogP contribution in [0.2, 0.25) is 5.02 Å². The van der Waals surface area contributed by atoms with E-state index in [9.17, 15) is 4.79 Å². The van der Waals surface area contributed by atoms with Gasteiger partial charge in [-0.2, -0.15) is 0 Å². The minimum atomic E-state index is -0.344. The van der Waals surface area contributed by atoms with Gasteiger partial charge in [0.1, 0.15) is 5.75 Å². The molecule has 0 aliphatic rings. The molecule has 3 aromatic carbocycles. The molecule has 32 heavy (non-hydrogen) atoms. The van der Waals surface area contributed by atoms with Crippen LogP contribution in [-0.2, 0) is 11.3 Å². The minimum absolute atomic E-state index is 0.0992. The first kappa shape index (κ1) is 22.2. The van der Waals surface area contributed by atoms with Crippen molar-refractivity contribution in [2.24, 2.45) is 0 Å². The number of amides is 1. The van der Waals surface area contributed by atoms with Crippen molar-refractivity contribution in [3.63, 3.8) is 0 Å². The van der Waals surface area contributed by atoms with E-state index in [1.807, 2.05) is 79.1 Å². The van der Waals surface area contributed by atoms with Crippen LogP contribution in [0, 0.1) is 0 Å². The molecule has 1 atom stereocenters. The molecule has 0 radical (unpaired) electrons. The van der Waals surface area contributed by atoms with Crippen molar-refractivity contribution in [3.8, 4) is 5.75 Å². The quantitative estimate of drug-likeness (QED) is 0.324. The van der Waals surface area contributed by atoms with E-state index in [4.69, 9.17) is 16.3 Å². The van der Waals surface area contributed by atoms with Gasteiger partial charge < -0.3 is 14.6 Å². The van der Waals surface area contributed by atoms with E-state index in [2.05, 4.69) is 15.5 Å². The summed E-state index contributed by atoms with van der Waals surface area (Å²) in [5.74, 6) is 1.41. The number of fused-ring (bicyclic) bond motifs is 1. The van der Waals surface area contributed by atoms with Crippen molar-refractivity contribution in [3.05, 3.63) is 77.6 Å². The summed E-state index contributed by atoms with van der Waals surface area (Å²) < 4.78 is 7.94. The van der Waals surface area contributed by atoms with Crippen LogP contribution >= 0.6 is 23.4 Å². The number of nitrogens with zero attached hydrogens (tertiary/aromatic N) is 3. The Morgan fingerprint density at radius 1 is 1.09 bits per heavy atom. The topological polar surface area (TPSA) is 69.0 Å². The fourth-order valence-electron chi connectivity index (χ4n) is 3.38. The Kier molecular flexibility index (Phi) is 6.97. The standard InChI is InChI=1S/C24H23ClN4O2S/c1-3-29-23(16(2)31-21-11-7-6-10-20(21)25)27-28-24(29)32-15-22(30)26-19-13-12-17-8-4-5-9-18(17)14-19/h4-14,16H,3,15H2,1-2H3,(H,26,30)/t16-/m1/s1. The maximum absolute atomic E-state index is 12.5. The maximum Gasteiger partial charge on any atom is 0.234 e. The van der Waals surface area contributed by atoms with Gasteiger partial charge in [0.15, 0.2) is 17.1 Å². The molecule has 1 heterocycles. The monoisotopic (exact) mass is 466 g/mol. The van der Waals surface area contributed by atoms with E-state index >= 15 is 0 Å². The number of thioether (sulfide) groups is 1. The van der Waals surface area contributed by atoms with Crippen molar-refractivity contribution in [2.75, 3.05) is 11.1 Å². The third-order valence-corrected chi connectivity index (χ3v) is 6.21. The van der Waals surface area contributed by atoms with Crippen LogP contribution in [0.1, 0.15) is 25.8 Å². The first-order chi connectivity index (χ1) is 15.5. The Labute approximate surface area is 195 Å². The summed E-state index contributed by atoms with van der Waals surface area (Å²) in [5, 5.41) is 15.0. The number of nitrogens with one attached hydrogen (secondary N) is 1. The van der Waals surface area contributed by atoms with E-state index in [0.29, 0.717) is 28.3 Å². The van der Waals surface area contributed by atoms with Gasteiger partial charge in [-0.25, -0.2) is 0 Å². The van der Waals surface area contributed by atoms with Crippen molar-refractivity contribution >= 4 is 45.7 Å². The van der Waals surface area contributed by atoms with E-state index in [-0.39, 0.29) is 17.8 Å². The molecule has 6 nitrogen and oxygen atoms in total. The summed E-state index contributed by atoms with van der Waals surface area (Å²) in [7, 11) is 0. The average molecular weight is 467 g/mol. The Hall–Kier alpha value is -3.03. The minimum Gasteiger partial charge on any atom is -0.481 e. The van der Waals surface area contributed by atoms with Gasteiger partial charge in [-0.3, -0.25) is 4.79 Å². The molecule has 0 aliphatic heterocycles. The molecule has 164 valence electrons. The average Bonchev–Trinajstić information content (AvgIpc) is 3.22. The van der Waals surface area contributed by atoms with Crippen LogP contribution < -0.4 is 10.1 Å². The lowest BCUT2D eigenvalue weighted by Gasteiger charge is -2.16. The number of rotatable bonds is 8. The van der Waals surface area contributed by atoms with Crippen molar-refractivity contribution < 1.29 is 9.53 Å². The van der Waals surface area contributed by atoms with Crippen molar-refractivity contribution in [1.82, 2.24) is 14.8 Å². The largest absolute Gasteiger partial charge is 0.481 e. The summed E-state index contributed by atoms with van der Waals surface area (Å²) in [5.41, 5.74) is 0.772. The zero-order chi connectivity index (χ0) is 22.5. The van der Waals surface area contributed by atoms with Gasteiger partial charge in [-0.1, -0.05) is 65.8 Å². The number of hydrogen-bond acceptors (Lipinski definition) is 5. The predicted octanol–water partition coefficient (Wildman–Crippen LogP) is 5.98. The van der Waals surface area contributed by atoms with Crippen LogP contribution in [0.4, 0.5) is 5.69 Å². The smallest absolute Gasteiger partial charge is 0.234 e. The van der Waals surface area contributed by atoms with E-state index < -0.39 is 0 Å². The highest BCUT2D eigenvalue weighted by atomic mass is 35.5. The van der Waals surface area contributed by atoms with Crippen molar-refractivity contribution in [2.45, 2.75) is 31.7 Å². The third-order valence-electron chi connectivity index (χ3n) is 4.93. The van der Waals surface area contributed by atoms with Gasteiger partial charge in [-0.15, -0.1) is 10.2 Å². The third kappa shape index (κ3) is 5.06. The molecule has 0 spiro atoms. The molecular weight excluding hydrogens is 444 g/mol. The van der Waals surface area contributed by atoms with E-state index in [1.54, 1.807) is 6.07 Å². The molecule has 0 bridgehead atoms. The molecule has 4 aromatic rings. The first-order valence-corrected chi connectivity index (χ1v) is 11.7. The Morgan fingerprint density at radius 2 is 1.84 bits per heavy atom. The Bertz CT molecular complexity index is 1240. The number of ether oxygens (including phenoxy) is 1. The number of benzene rings is 3. The van der Waals surface area contributed by atoms with Crippen LogP contribution in [-0.4, -0.2) is 26.4 Å². The molecule has 4 rings (SSSR count). The molecule has 0 saturated carbocycles. The summed E-state index contributed by atoms with van der Waals surface area (Å²) in [6.45, 7) is 4.57. The zero-order valence-corrected chi connectivity index (χ0v) is 19.4. The molecule has 1 aromatic heterocycles. The second-order valence-electron chi connectivity index (χ2n) is 7.17. The molecule has 0 unspecified atom stereocenters. The lowest BCUT2D eigenvalue weighted by atomic mass is 10.1. The van der Waals surface area contributed by atoms with Gasteiger partial charge in [0.25, 0.3) is 0 Å². The number of aromatic nitrogens is 3. The maximum atomic E-state index is 12.5. The molecule has 1 N–H and O–H groups in total. The summed E-state index contributed by atoms with van der Waals surface area (Å²) in [6, 6.07) is 21.2. The van der Waals surface area contributed by atoms with E-state index in [1.165, 1.54) is 11.8 Å². The van der Waals surface area contributed by atoms with Crippen LogP contribution in [0.25, 0.3) is 10.8 Å². The second-order valence-corrected chi connectivity index (χ2v) is 8.52. The first-order valence-electron chi connectivity index (χ1n) is 10.3. The number of carbonyl (C=O) groups is 1. The van der Waals surface area contributed by atoms with Gasteiger partial charge in [0, 0.05) is 12.2 Å². The lowest BCUT2D eigenvalue weighted by Crippen LogP contribution is -2.15. The van der Waals surface area contributed by atoms with Crippen LogP contribution in [0.3, 0.4) is 0 Å². The van der Waals surface area contributed by atoms with Crippen LogP contribution in [0.5, 0.6) is 5.75 Å². The Balaban J connectivity index is 1.40. The normalized spacial score (nSPS) is 12.0. The number of anilines is 1. The number of carbonyl (C=O) groups excluding carboxylic acids is 1. The van der Waals surface area contributed by atoms with E-state index in [0.717, 1.165) is 16.5 Å². The highest BCUT2D eigenvalue weighted by Gasteiger charge is 2.20. The predicted molar refractivity (Wildman–Crippen MR) is 129 cm³/mol. The molecule has 8 heteroatoms. The van der Waals surface area contributed by atoms with Gasteiger partial charge >= 0.3 is 0 Å². The van der Waals surface area contributed by atoms with Gasteiger partial charge in [0.2, 0.25) is 5.91 Å². The summed E-state index contributed by atoms with van der Waals surface area (Å²) >= 11 is 7.55. The molecule has 0 saturated heterocycles. The lowest BCUT2D eigenvalue weighted by molar-refractivity contribution is -0.113. The second kappa shape index (κ2) is 10.1. The van der Waals surface area contributed by atoms with Gasteiger partial charge in [-0.05, 0) is 48.9 Å². The fraction of sp³-hybridized carbons (Fsp3) is 0.208. The number of hydrogen-bond donors (Lipinski definition) is 1. The highest BCUT2D eigenvalue weighted by molar-refractivity contribution is 7.99. The summed E-state index contributed by atoms with van der Waals surface area (Å²) in [6.07, 6.45) is -0.344. The zero-order valence-electron chi connectivity index (χ0n) is 17.8.